The maximum Gasteiger partial charge on any atom is 0.407 e. The number of nitrogens with one attached hydrogen (secondary N) is 1. The van der Waals surface area contributed by atoms with Crippen LogP contribution in [0.15, 0.2) is 71.2 Å². The maximum atomic E-state index is 12.1. The Morgan fingerprint density at radius 3 is 2.29 bits per heavy atom. The van der Waals surface area contributed by atoms with Crippen LogP contribution in [0.25, 0.3) is 11.1 Å². The van der Waals surface area contributed by atoms with Crippen molar-refractivity contribution < 1.29 is 19.4 Å². The average molecular weight is 476 g/mol. The van der Waals surface area contributed by atoms with Crippen LogP contribution in [0.3, 0.4) is 0 Å². The van der Waals surface area contributed by atoms with Crippen LogP contribution < -0.4 is 5.32 Å². The smallest absolute Gasteiger partial charge is 0.407 e. The van der Waals surface area contributed by atoms with Gasteiger partial charge in [-0.1, -0.05) is 76.3 Å². The largest absolute Gasteiger partial charge is 0.478 e. The Balaban J connectivity index is 1.35. The maximum absolute atomic E-state index is 12.1. The van der Waals surface area contributed by atoms with Crippen molar-refractivity contribution in [3.05, 3.63) is 93.5 Å². The Kier molecular flexibility index (Phi) is 6.06. The molecule has 0 unspecified atom stereocenters. The number of alkyl carbamates (subject to hydrolysis) is 1. The molecule has 0 atom stereocenters. The molecule has 0 saturated heterocycles. The Labute approximate surface area is 188 Å². The third-order valence-electron chi connectivity index (χ3n) is 5.04. The van der Waals surface area contributed by atoms with Crippen molar-refractivity contribution in [1.82, 2.24) is 5.32 Å². The molecular formula is C25H18BrNO4. The first kappa shape index (κ1) is 20.7. The molecule has 3 aromatic carbocycles. The molecule has 154 valence electrons. The van der Waals surface area contributed by atoms with Gasteiger partial charge in [0.1, 0.15) is 6.61 Å². The standard InChI is InChI=1S/C25H18BrNO4/c26-18-13-16(12-17(14-18)24(28)29)6-5-11-27-25(30)31-15-23-21-9-3-1-7-19(21)20-8-2-4-10-22(20)23/h1-4,7-10,12-14,23H,11,15H2,(H,27,30)(H,28,29). The molecule has 0 fully saturated rings. The number of fused-ring (bicyclic) bond motifs is 3. The molecule has 6 heteroatoms. The van der Waals surface area contributed by atoms with E-state index in [0.717, 1.165) is 11.1 Å². The Morgan fingerprint density at radius 1 is 1.00 bits per heavy atom. The van der Waals surface area contributed by atoms with Gasteiger partial charge in [-0.05, 0) is 40.5 Å². The lowest BCUT2D eigenvalue weighted by atomic mass is 9.98. The molecule has 1 amide bonds. The Hall–Kier alpha value is -3.56. The van der Waals surface area contributed by atoms with E-state index in [-0.39, 0.29) is 24.6 Å². The predicted octanol–water partition coefficient (Wildman–Crippen LogP) is 5.04. The van der Waals surface area contributed by atoms with Gasteiger partial charge in [0.15, 0.2) is 0 Å². The van der Waals surface area contributed by atoms with Crippen molar-refractivity contribution in [3.8, 4) is 23.0 Å². The number of benzene rings is 3. The van der Waals surface area contributed by atoms with E-state index in [4.69, 9.17) is 9.84 Å². The zero-order valence-electron chi connectivity index (χ0n) is 16.4. The highest BCUT2D eigenvalue weighted by Crippen LogP contribution is 2.44. The number of carboxylic acids is 1. The van der Waals surface area contributed by atoms with Crippen molar-refractivity contribution in [3.63, 3.8) is 0 Å². The molecule has 5 nitrogen and oxygen atoms in total. The lowest BCUT2D eigenvalue weighted by molar-refractivity contribution is 0.0696. The van der Waals surface area contributed by atoms with Crippen LogP contribution in [0.4, 0.5) is 4.79 Å². The molecule has 1 aliphatic carbocycles. The van der Waals surface area contributed by atoms with Gasteiger partial charge in [-0.15, -0.1) is 0 Å². The van der Waals surface area contributed by atoms with Gasteiger partial charge in [0, 0.05) is 16.0 Å². The van der Waals surface area contributed by atoms with Crippen LogP contribution in [-0.4, -0.2) is 30.3 Å². The molecule has 0 spiro atoms. The number of ether oxygens (including phenoxy) is 1. The lowest BCUT2D eigenvalue weighted by Gasteiger charge is -2.14. The van der Waals surface area contributed by atoms with Crippen LogP contribution in [0.1, 0.15) is 33.0 Å². The van der Waals surface area contributed by atoms with E-state index in [0.29, 0.717) is 10.0 Å². The zero-order chi connectivity index (χ0) is 21.8. The van der Waals surface area contributed by atoms with Crippen LogP contribution in [0, 0.1) is 11.8 Å². The molecule has 4 rings (SSSR count). The second-order valence-electron chi connectivity index (χ2n) is 7.01. The summed E-state index contributed by atoms with van der Waals surface area (Å²) in [6.45, 7) is 0.326. The summed E-state index contributed by atoms with van der Waals surface area (Å²) >= 11 is 3.27. The van der Waals surface area contributed by atoms with Crippen LogP contribution >= 0.6 is 15.9 Å². The van der Waals surface area contributed by atoms with E-state index in [1.807, 2.05) is 24.3 Å². The third-order valence-corrected chi connectivity index (χ3v) is 5.50. The molecule has 0 aromatic heterocycles. The van der Waals surface area contributed by atoms with Gasteiger partial charge >= 0.3 is 12.1 Å². The van der Waals surface area contributed by atoms with Crippen molar-refractivity contribution >= 4 is 28.0 Å². The molecule has 0 radical (unpaired) electrons. The summed E-state index contributed by atoms with van der Waals surface area (Å²) in [6, 6.07) is 21.0. The van der Waals surface area contributed by atoms with Crippen LogP contribution in [0.5, 0.6) is 0 Å². The summed E-state index contributed by atoms with van der Waals surface area (Å²) in [5.41, 5.74) is 5.34. The summed E-state index contributed by atoms with van der Waals surface area (Å²) < 4.78 is 6.08. The predicted molar refractivity (Wildman–Crippen MR) is 121 cm³/mol. The van der Waals surface area contributed by atoms with E-state index < -0.39 is 12.1 Å². The first-order valence-corrected chi connectivity index (χ1v) is 10.4. The fourth-order valence-electron chi connectivity index (χ4n) is 3.70. The Morgan fingerprint density at radius 2 is 1.65 bits per heavy atom. The van der Waals surface area contributed by atoms with Crippen LogP contribution in [-0.2, 0) is 4.74 Å². The quantitative estimate of drug-likeness (QED) is 0.518. The normalized spacial score (nSPS) is 11.6. The summed E-state index contributed by atoms with van der Waals surface area (Å²) in [6.07, 6.45) is -0.545. The fraction of sp³-hybridized carbons (Fsp3) is 0.120. The first-order chi connectivity index (χ1) is 15.0. The minimum Gasteiger partial charge on any atom is -0.478 e. The van der Waals surface area contributed by atoms with Crippen molar-refractivity contribution in [2.24, 2.45) is 0 Å². The molecule has 0 bridgehead atoms. The van der Waals surface area contributed by atoms with E-state index in [1.54, 1.807) is 6.07 Å². The van der Waals surface area contributed by atoms with Gasteiger partial charge < -0.3 is 15.2 Å². The number of aromatic carboxylic acids is 1. The highest BCUT2D eigenvalue weighted by atomic mass is 79.9. The average Bonchev–Trinajstić information content (AvgIpc) is 3.09. The molecule has 0 aliphatic heterocycles. The SMILES string of the molecule is O=C(NCC#Cc1cc(Br)cc(C(=O)O)c1)OCC1c2ccccc2-c2ccccc21. The molecular weight excluding hydrogens is 458 g/mol. The minimum atomic E-state index is -1.03. The number of carbonyl (C=O) groups is 2. The number of halogens is 1. The van der Waals surface area contributed by atoms with Gasteiger partial charge in [0.25, 0.3) is 0 Å². The van der Waals surface area contributed by atoms with Crippen LogP contribution in [0.2, 0.25) is 0 Å². The highest BCUT2D eigenvalue weighted by Gasteiger charge is 2.28. The van der Waals surface area contributed by atoms with E-state index in [9.17, 15) is 9.59 Å². The number of hydrogen-bond acceptors (Lipinski definition) is 3. The van der Waals surface area contributed by atoms with Crippen molar-refractivity contribution in [2.45, 2.75) is 5.92 Å². The van der Waals surface area contributed by atoms with Crippen molar-refractivity contribution in [2.75, 3.05) is 13.2 Å². The van der Waals surface area contributed by atoms with E-state index in [2.05, 4.69) is 57.4 Å². The molecule has 3 aromatic rings. The fourth-order valence-corrected chi connectivity index (χ4v) is 4.19. The van der Waals surface area contributed by atoms with Gasteiger partial charge in [-0.25, -0.2) is 9.59 Å². The molecule has 2 N–H and O–H groups in total. The summed E-state index contributed by atoms with van der Waals surface area (Å²) in [7, 11) is 0. The highest BCUT2D eigenvalue weighted by molar-refractivity contribution is 9.10. The number of carboxylic acid groups (broad SMARTS) is 1. The Bertz CT molecular complexity index is 1180. The molecule has 31 heavy (non-hydrogen) atoms. The second kappa shape index (κ2) is 9.07. The third kappa shape index (κ3) is 4.62. The first-order valence-electron chi connectivity index (χ1n) is 9.64. The zero-order valence-corrected chi connectivity index (χ0v) is 18.0. The minimum absolute atomic E-state index is 0.000317. The summed E-state index contributed by atoms with van der Waals surface area (Å²) in [5, 5.41) is 11.7. The number of rotatable bonds is 4. The van der Waals surface area contributed by atoms with Gasteiger partial charge in [-0.3, -0.25) is 0 Å². The number of amides is 1. The monoisotopic (exact) mass is 475 g/mol. The summed E-state index contributed by atoms with van der Waals surface area (Å²) in [5.74, 6) is 4.63. The van der Waals surface area contributed by atoms with E-state index >= 15 is 0 Å². The van der Waals surface area contributed by atoms with Gasteiger partial charge in [0.2, 0.25) is 0 Å². The summed E-state index contributed by atoms with van der Waals surface area (Å²) in [4.78, 5) is 23.3. The number of hydrogen-bond donors (Lipinski definition) is 2. The number of carbonyl (C=O) groups excluding carboxylic acids is 1. The van der Waals surface area contributed by atoms with Gasteiger partial charge in [-0.2, -0.15) is 0 Å². The molecule has 0 heterocycles. The van der Waals surface area contributed by atoms with Crippen molar-refractivity contribution in [1.29, 1.82) is 0 Å². The van der Waals surface area contributed by atoms with E-state index in [1.165, 1.54) is 23.3 Å². The lowest BCUT2D eigenvalue weighted by Crippen LogP contribution is -2.26. The second-order valence-corrected chi connectivity index (χ2v) is 7.93. The molecule has 1 aliphatic rings. The van der Waals surface area contributed by atoms with Gasteiger partial charge in [0.05, 0.1) is 12.1 Å². The topological polar surface area (TPSA) is 75.6 Å². The molecule has 0 saturated carbocycles.